The molecule has 0 fully saturated rings. The van der Waals surface area contributed by atoms with Gasteiger partial charge in [0.15, 0.2) is 0 Å². The van der Waals surface area contributed by atoms with Crippen molar-refractivity contribution in [2.75, 3.05) is 6.54 Å². The van der Waals surface area contributed by atoms with E-state index in [1.54, 1.807) is 0 Å². The molecule has 88 valence electrons. The maximum absolute atomic E-state index is 4.50. The van der Waals surface area contributed by atoms with Crippen LogP contribution < -0.4 is 5.32 Å². The van der Waals surface area contributed by atoms with Crippen LogP contribution in [0.2, 0.25) is 0 Å². The quantitative estimate of drug-likeness (QED) is 0.894. The van der Waals surface area contributed by atoms with Gasteiger partial charge in [-0.05, 0) is 42.3 Å². The Balaban J connectivity index is 1.57. The van der Waals surface area contributed by atoms with E-state index in [0.29, 0.717) is 6.04 Å². The number of aromatic nitrogens is 1. The number of hydrogen-bond acceptors (Lipinski definition) is 3. The van der Waals surface area contributed by atoms with Gasteiger partial charge in [-0.15, -0.1) is 11.3 Å². The van der Waals surface area contributed by atoms with E-state index in [0.717, 1.165) is 13.0 Å². The zero-order valence-electron chi connectivity index (χ0n) is 9.73. The number of nitrogens with zero attached hydrogens (tertiary/aromatic N) is 1. The minimum atomic E-state index is 0.464. The third-order valence-corrected chi connectivity index (χ3v) is 4.24. The Kier molecular flexibility index (Phi) is 3.20. The number of thiophene rings is 1. The largest absolute Gasteiger partial charge is 0.308 e. The summed E-state index contributed by atoms with van der Waals surface area (Å²) in [4.78, 5) is 5.95. The van der Waals surface area contributed by atoms with Gasteiger partial charge in [-0.1, -0.05) is 12.1 Å². The first-order chi connectivity index (χ1) is 8.43. The highest BCUT2D eigenvalue weighted by atomic mass is 32.1. The topological polar surface area (TPSA) is 24.9 Å². The van der Waals surface area contributed by atoms with Crippen LogP contribution in [0.1, 0.15) is 28.6 Å². The van der Waals surface area contributed by atoms with Gasteiger partial charge in [0.1, 0.15) is 0 Å². The molecule has 2 heterocycles. The molecular formula is C14H16N2S. The molecule has 0 aromatic carbocycles. The molecule has 1 atom stereocenters. The Hall–Kier alpha value is -1.19. The van der Waals surface area contributed by atoms with Crippen molar-refractivity contribution in [2.24, 2.45) is 0 Å². The molecule has 0 aliphatic heterocycles. The summed E-state index contributed by atoms with van der Waals surface area (Å²) in [5.74, 6) is 0. The van der Waals surface area contributed by atoms with E-state index in [1.165, 1.54) is 29.0 Å². The monoisotopic (exact) mass is 244 g/mol. The maximum atomic E-state index is 4.50. The average molecular weight is 244 g/mol. The van der Waals surface area contributed by atoms with Crippen molar-refractivity contribution in [1.82, 2.24) is 10.3 Å². The van der Waals surface area contributed by atoms with Crippen LogP contribution in [0, 0.1) is 0 Å². The van der Waals surface area contributed by atoms with Crippen LogP contribution in [-0.2, 0) is 12.8 Å². The first-order valence-electron chi connectivity index (χ1n) is 6.13. The van der Waals surface area contributed by atoms with Crippen LogP contribution in [0.4, 0.5) is 0 Å². The van der Waals surface area contributed by atoms with Crippen LogP contribution in [-0.4, -0.2) is 11.5 Å². The van der Waals surface area contributed by atoms with E-state index >= 15 is 0 Å². The fourth-order valence-electron chi connectivity index (χ4n) is 2.44. The molecule has 17 heavy (non-hydrogen) atoms. The summed E-state index contributed by atoms with van der Waals surface area (Å²) >= 11 is 1.84. The lowest BCUT2D eigenvalue weighted by Crippen LogP contribution is -2.22. The highest BCUT2D eigenvalue weighted by molar-refractivity contribution is 7.09. The zero-order valence-corrected chi connectivity index (χ0v) is 10.5. The highest BCUT2D eigenvalue weighted by Gasteiger charge is 2.22. The molecule has 2 aromatic rings. The molecule has 1 aliphatic carbocycles. The van der Waals surface area contributed by atoms with Gasteiger partial charge in [0.2, 0.25) is 0 Å². The van der Waals surface area contributed by atoms with Crippen molar-refractivity contribution in [3.8, 4) is 0 Å². The summed E-state index contributed by atoms with van der Waals surface area (Å²) in [6.07, 6.45) is 5.38. The summed E-state index contributed by atoms with van der Waals surface area (Å²) in [7, 11) is 0. The third-order valence-electron chi connectivity index (χ3n) is 3.30. The van der Waals surface area contributed by atoms with Crippen molar-refractivity contribution < 1.29 is 0 Å². The molecule has 3 rings (SSSR count). The summed E-state index contributed by atoms with van der Waals surface area (Å²) in [5.41, 5.74) is 2.68. The SMILES string of the molecule is c1csc(CCNC2CCc3cccnc32)c1. The van der Waals surface area contributed by atoms with E-state index < -0.39 is 0 Å². The second-order valence-corrected chi connectivity index (χ2v) is 5.45. The van der Waals surface area contributed by atoms with Crippen molar-refractivity contribution in [1.29, 1.82) is 0 Å². The van der Waals surface area contributed by atoms with Crippen molar-refractivity contribution in [2.45, 2.75) is 25.3 Å². The molecule has 0 spiro atoms. The number of hydrogen-bond donors (Lipinski definition) is 1. The standard InChI is InChI=1S/C14H16N2S/c1-3-11-5-6-13(14(11)16-8-1)15-9-7-12-4-2-10-17-12/h1-4,8,10,13,15H,5-7,9H2. The Morgan fingerprint density at radius 1 is 1.35 bits per heavy atom. The Bertz CT molecular complexity index is 479. The third kappa shape index (κ3) is 2.40. The minimum Gasteiger partial charge on any atom is -0.308 e. The van der Waals surface area contributed by atoms with Gasteiger partial charge < -0.3 is 5.32 Å². The van der Waals surface area contributed by atoms with Crippen LogP contribution >= 0.6 is 11.3 Å². The van der Waals surface area contributed by atoms with Gasteiger partial charge in [-0.25, -0.2) is 0 Å². The van der Waals surface area contributed by atoms with Gasteiger partial charge in [0.05, 0.1) is 11.7 Å². The molecular weight excluding hydrogens is 228 g/mol. The summed E-state index contributed by atoms with van der Waals surface area (Å²) < 4.78 is 0. The molecule has 0 radical (unpaired) electrons. The highest BCUT2D eigenvalue weighted by Crippen LogP contribution is 2.28. The van der Waals surface area contributed by atoms with Crippen LogP contribution in [0.25, 0.3) is 0 Å². The molecule has 0 bridgehead atoms. The molecule has 0 amide bonds. The Morgan fingerprint density at radius 2 is 2.35 bits per heavy atom. The predicted molar refractivity (Wildman–Crippen MR) is 71.3 cm³/mol. The van der Waals surface area contributed by atoms with Crippen LogP contribution in [0.15, 0.2) is 35.8 Å². The van der Waals surface area contributed by atoms with Crippen molar-refractivity contribution in [3.63, 3.8) is 0 Å². The van der Waals surface area contributed by atoms with E-state index in [-0.39, 0.29) is 0 Å². The summed E-state index contributed by atoms with van der Waals surface area (Å²) in [5, 5.41) is 5.76. The molecule has 3 heteroatoms. The van der Waals surface area contributed by atoms with E-state index in [9.17, 15) is 0 Å². The van der Waals surface area contributed by atoms with Crippen molar-refractivity contribution >= 4 is 11.3 Å². The fraction of sp³-hybridized carbons (Fsp3) is 0.357. The molecule has 1 aliphatic rings. The predicted octanol–water partition coefficient (Wildman–Crippen LogP) is 2.96. The summed E-state index contributed by atoms with van der Waals surface area (Å²) in [6.45, 7) is 1.04. The van der Waals surface area contributed by atoms with E-state index in [1.807, 2.05) is 23.6 Å². The number of aryl methyl sites for hydroxylation is 1. The normalized spacial score (nSPS) is 18.2. The summed E-state index contributed by atoms with van der Waals surface area (Å²) in [6, 6.07) is 9.02. The lowest BCUT2D eigenvalue weighted by Gasteiger charge is -2.12. The number of rotatable bonds is 4. The second kappa shape index (κ2) is 4.98. The van der Waals surface area contributed by atoms with Gasteiger partial charge in [0.25, 0.3) is 0 Å². The second-order valence-electron chi connectivity index (χ2n) is 4.42. The number of nitrogens with one attached hydrogen (secondary N) is 1. The molecule has 0 saturated heterocycles. The fourth-order valence-corrected chi connectivity index (χ4v) is 3.14. The van der Waals surface area contributed by atoms with Gasteiger partial charge in [-0.2, -0.15) is 0 Å². The lowest BCUT2D eigenvalue weighted by atomic mass is 10.2. The number of pyridine rings is 1. The molecule has 2 aromatic heterocycles. The van der Waals surface area contributed by atoms with Gasteiger partial charge in [0, 0.05) is 17.6 Å². The van der Waals surface area contributed by atoms with Gasteiger partial charge >= 0.3 is 0 Å². The Labute approximate surface area is 106 Å². The molecule has 1 unspecified atom stereocenters. The maximum Gasteiger partial charge on any atom is 0.0605 e. The Morgan fingerprint density at radius 3 is 3.24 bits per heavy atom. The van der Waals surface area contributed by atoms with Gasteiger partial charge in [-0.3, -0.25) is 4.98 Å². The average Bonchev–Trinajstić information content (AvgIpc) is 2.99. The van der Waals surface area contributed by atoms with E-state index in [2.05, 4.69) is 33.9 Å². The van der Waals surface area contributed by atoms with Crippen LogP contribution in [0.3, 0.4) is 0 Å². The smallest absolute Gasteiger partial charge is 0.0605 e. The first kappa shape index (κ1) is 10.9. The van der Waals surface area contributed by atoms with Crippen LogP contribution in [0.5, 0.6) is 0 Å². The minimum absolute atomic E-state index is 0.464. The van der Waals surface area contributed by atoms with Crippen molar-refractivity contribution in [3.05, 3.63) is 52.0 Å². The molecule has 2 nitrogen and oxygen atoms in total. The zero-order chi connectivity index (χ0) is 11.5. The molecule has 0 saturated carbocycles. The first-order valence-corrected chi connectivity index (χ1v) is 7.01. The van der Waals surface area contributed by atoms with E-state index in [4.69, 9.17) is 0 Å². The number of fused-ring (bicyclic) bond motifs is 1. The lowest BCUT2D eigenvalue weighted by molar-refractivity contribution is 0.526. The molecule has 1 N–H and O–H groups in total.